The monoisotopic (exact) mass is 326 g/mol. The maximum atomic E-state index is 8.60. The van der Waals surface area contributed by atoms with Crippen molar-refractivity contribution in [2.45, 2.75) is 0 Å². The number of hydrogen-bond donors (Lipinski definition) is 2. The highest BCUT2D eigenvalue weighted by molar-refractivity contribution is 5.77. The summed E-state index contributed by atoms with van der Waals surface area (Å²) in [6.07, 6.45) is 1.65. The van der Waals surface area contributed by atoms with Gasteiger partial charge in [0, 0.05) is 0 Å². The second-order valence-corrected chi connectivity index (χ2v) is 4.98. The van der Waals surface area contributed by atoms with Gasteiger partial charge < -0.3 is 19.6 Å². The SMILES string of the molecule is OCCOCCOc1ccc(N=Nc2ccc3nc[nH]c3c2)cc1. The van der Waals surface area contributed by atoms with E-state index < -0.39 is 0 Å². The van der Waals surface area contributed by atoms with Gasteiger partial charge in [0.15, 0.2) is 0 Å². The number of benzene rings is 2. The third-order valence-corrected chi connectivity index (χ3v) is 3.25. The Labute approximate surface area is 139 Å². The van der Waals surface area contributed by atoms with Crippen molar-refractivity contribution in [3.63, 3.8) is 0 Å². The average Bonchev–Trinajstić information content (AvgIpc) is 3.08. The maximum absolute atomic E-state index is 8.60. The van der Waals surface area contributed by atoms with Gasteiger partial charge >= 0.3 is 0 Å². The number of aromatic nitrogens is 2. The van der Waals surface area contributed by atoms with Crippen molar-refractivity contribution in [2.24, 2.45) is 10.2 Å². The summed E-state index contributed by atoms with van der Waals surface area (Å²) < 4.78 is 10.6. The van der Waals surface area contributed by atoms with E-state index in [1.54, 1.807) is 6.33 Å². The average molecular weight is 326 g/mol. The first-order valence-corrected chi connectivity index (χ1v) is 7.61. The van der Waals surface area contributed by atoms with Gasteiger partial charge in [0.05, 0.1) is 48.6 Å². The van der Waals surface area contributed by atoms with Gasteiger partial charge in [-0.15, -0.1) is 0 Å². The zero-order valence-electron chi connectivity index (χ0n) is 13.1. The lowest BCUT2D eigenvalue weighted by atomic mass is 10.3. The molecule has 1 aromatic heterocycles. The Morgan fingerprint density at radius 3 is 2.58 bits per heavy atom. The van der Waals surface area contributed by atoms with E-state index in [0.29, 0.717) is 19.8 Å². The van der Waals surface area contributed by atoms with Crippen molar-refractivity contribution in [3.05, 3.63) is 48.8 Å². The van der Waals surface area contributed by atoms with Crippen LogP contribution < -0.4 is 4.74 Å². The molecule has 3 rings (SSSR count). The van der Waals surface area contributed by atoms with E-state index in [-0.39, 0.29) is 6.61 Å². The van der Waals surface area contributed by atoms with Crippen LogP contribution in [0.2, 0.25) is 0 Å². The molecule has 0 aliphatic heterocycles. The van der Waals surface area contributed by atoms with Crippen molar-refractivity contribution >= 4 is 22.4 Å². The molecule has 124 valence electrons. The number of aromatic amines is 1. The number of imidazole rings is 1. The highest BCUT2D eigenvalue weighted by Crippen LogP contribution is 2.23. The summed E-state index contributed by atoms with van der Waals surface area (Å²) in [6, 6.07) is 13.0. The molecule has 0 saturated heterocycles. The number of azo groups is 1. The Bertz CT molecular complexity index is 799. The molecule has 0 amide bonds. The zero-order chi connectivity index (χ0) is 16.6. The molecule has 7 heteroatoms. The van der Waals surface area contributed by atoms with Crippen molar-refractivity contribution < 1.29 is 14.6 Å². The third-order valence-electron chi connectivity index (χ3n) is 3.25. The summed E-state index contributed by atoms with van der Waals surface area (Å²) >= 11 is 0. The number of fused-ring (bicyclic) bond motifs is 1. The molecule has 0 atom stereocenters. The first-order valence-electron chi connectivity index (χ1n) is 7.61. The fourth-order valence-electron chi connectivity index (χ4n) is 2.10. The van der Waals surface area contributed by atoms with Crippen LogP contribution in [0.5, 0.6) is 5.75 Å². The van der Waals surface area contributed by atoms with Crippen LogP contribution in [0, 0.1) is 0 Å². The lowest BCUT2D eigenvalue weighted by Gasteiger charge is -2.06. The fraction of sp³-hybridized carbons (Fsp3) is 0.235. The number of rotatable bonds is 8. The van der Waals surface area contributed by atoms with Gasteiger partial charge in [-0.25, -0.2) is 4.98 Å². The topological polar surface area (TPSA) is 92.1 Å². The van der Waals surface area contributed by atoms with Crippen LogP contribution in [0.1, 0.15) is 0 Å². The van der Waals surface area contributed by atoms with Crippen LogP contribution in [0.15, 0.2) is 59.0 Å². The Balaban J connectivity index is 1.55. The molecule has 0 radical (unpaired) electrons. The van der Waals surface area contributed by atoms with Gasteiger partial charge in [0.25, 0.3) is 0 Å². The van der Waals surface area contributed by atoms with Gasteiger partial charge in [0.1, 0.15) is 12.4 Å². The molecule has 0 unspecified atom stereocenters. The predicted molar refractivity (Wildman–Crippen MR) is 90.1 cm³/mol. The normalized spacial score (nSPS) is 11.4. The standard InChI is InChI=1S/C17H18N4O3/c22-7-8-23-9-10-24-15-4-1-13(2-5-15)20-21-14-3-6-16-17(11-14)19-12-18-16/h1-6,11-12,22H,7-10H2,(H,18,19). The van der Waals surface area contributed by atoms with Crippen LogP contribution in [0.25, 0.3) is 11.0 Å². The zero-order valence-corrected chi connectivity index (χ0v) is 13.1. The molecular formula is C17H18N4O3. The second kappa shape index (κ2) is 8.19. The Kier molecular flexibility index (Phi) is 5.49. The number of hydrogen-bond acceptors (Lipinski definition) is 6. The molecule has 24 heavy (non-hydrogen) atoms. The summed E-state index contributed by atoms with van der Waals surface area (Å²) in [5.74, 6) is 0.737. The van der Waals surface area contributed by atoms with Gasteiger partial charge in [-0.2, -0.15) is 10.2 Å². The second-order valence-electron chi connectivity index (χ2n) is 4.98. The molecule has 1 heterocycles. The van der Waals surface area contributed by atoms with E-state index >= 15 is 0 Å². The number of nitrogens with zero attached hydrogens (tertiary/aromatic N) is 3. The minimum absolute atomic E-state index is 0.0208. The van der Waals surface area contributed by atoms with Gasteiger partial charge in [-0.3, -0.25) is 0 Å². The Morgan fingerprint density at radius 2 is 1.75 bits per heavy atom. The van der Waals surface area contributed by atoms with Gasteiger partial charge in [-0.05, 0) is 42.5 Å². The molecule has 2 aromatic carbocycles. The van der Waals surface area contributed by atoms with Crippen LogP contribution in [0.4, 0.5) is 11.4 Å². The minimum Gasteiger partial charge on any atom is -0.491 e. The molecule has 2 N–H and O–H groups in total. The molecule has 3 aromatic rings. The van der Waals surface area contributed by atoms with E-state index in [9.17, 15) is 0 Å². The van der Waals surface area contributed by atoms with Crippen LogP contribution >= 0.6 is 0 Å². The van der Waals surface area contributed by atoms with Gasteiger partial charge in [-0.1, -0.05) is 0 Å². The minimum atomic E-state index is 0.0208. The molecule has 0 bridgehead atoms. The molecule has 0 spiro atoms. The van der Waals surface area contributed by atoms with Crippen molar-refractivity contribution in [1.29, 1.82) is 0 Å². The number of H-pyrrole nitrogens is 1. The summed E-state index contributed by atoms with van der Waals surface area (Å²) in [5.41, 5.74) is 3.33. The van der Waals surface area contributed by atoms with Gasteiger partial charge in [0.2, 0.25) is 0 Å². The lowest BCUT2D eigenvalue weighted by Crippen LogP contribution is -2.08. The van der Waals surface area contributed by atoms with E-state index in [0.717, 1.165) is 28.2 Å². The highest BCUT2D eigenvalue weighted by Gasteiger charge is 1.98. The fourth-order valence-corrected chi connectivity index (χ4v) is 2.10. The summed E-state index contributed by atoms with van der Waals surface area (Å²) in [5, 5.41) is 17.0. The number of aliphatic hydroxyl groups excluding tert-OH is 1. The van der Waals surface area contributed by atoms with Crippen LogP contribution in [-0.4, -0.2) is 41.5 Å². The van der Waals surface area contributed by atoms with E-state index in [1.807, 2.05) is 42.5 Å². The van der Waals surface area contributed by atoms with Crippen molar-refractivity contribution in [2.75, 3.05) is 26.4 Å². The summed E-state index contributed by atoms with van der Waals surface area (Å²) in [7, 11) is 0. The van der Waals surface area contributed by atoms with Crippen LogP contribution in [-0.2, 0) is 4.74 Å². The quantitative estimate of drug-likeness (QED) is 0.490. The van der Waals surface area contributed by atoms with E-state index in [1.165, 1.54) is 0 Å². The Morgan fingerprint density at radius 1 is 0.958 bits per heavy atom. The Hall–Kier alpha value is -2.77. The molecule has 7 nitrogen and oxygen atoms in total. The van der Waals surface area contributed by atoms with Crippen molar-refractivity contribution in [1.82, 2.24) is 9.97 Å². The summed E-state index contributed by atoms with van der Waals surface area (Å²) in [4.78, 5) is 7.21. The smallest absolute Gasteiger partial charge is 0.119 e. The van der Waals surface area contributed by atoms with Crippen LogP contribution in [0.3, 0.4) is 0 Å². The predicted octanol–water partition coefficient (Wildman–Crippen LogP) is 3.37. The van der Waals surface area contributed by atoms with E-state index in [2.05, 4.69) is 20.2 Å². The third kappa shape index (κ3) is 4.37. The molecule has 0 aliphatic carbocycles. The number of ether oxygens (including phenoxy) is 2. The molecule has 0 saturated carbocycles. The first-order chi connectivity index (χ1) is 11.8. The molecule has 0 fully saturated rings. The maximum Gasteiger partial charge on any atom is 0.119 e. The molecular weight excluding hydrogens is 308 g/mol. The van der Waals surface area contributed by atoms with Crippen molar-refractivity contribution in [3.8, 4) is 5.75 Å². The largest absolute Gasteiger partial charge is 0.491 e. The first kappa shape index (κ1) is 16.1. The number of nitrogens with one attached hydrogen (secondary N) is 1. The molecule has 0 aliphatic rings. The lowest BCUT2D eigenvalue weighted by molar-refractivity contribution is 0.0705. The van der Waals surface area contributed by atoms with E-state index in [4.69, 9.17) is 14.6 Å². The highest BCUT2D eigenvalue weighted by atomic mass is 16.5. The number of aliphatic hydroxyl groups is 1. The summed E-state index contributed by atoms with van der Waals surface area (Å²) in [6.45, 7) is 1.23.